The Balaban J connectivity index is 2.79. The van der Waals surface area contributed by atoms with Gasteiger partial charge in [0.1, 0.15) is 6.61 Å². The largest absolute Gasteiger partial charge is 0.489 e. The number of hydrogen-bond acceptors (Lipinski definition) is 1. The fraction of sp³-hybridized carbons (Fsp3) is 0.0769. The van der Waals surface area contributed by atoms with Crippen LogP contribution in [-0.2, 0) is 4.74 Å². The maximum Gasteiger partial charge on any atom is 0.148 e. The third-order valence-electron chi connectivity index (χ3n) is 1.58. The molecule has 1 aromatic rings. The van der Waals surface area contributed by atoms with Crippen LogP contribution < -0.4 is 0 Å². The number of hydrogen-bond donors (Lipinski definition) is 0. The van der Waals surface area contributed by atoms with Gasteiger partial charge in [0, 0.05) is 11.1 Å². The zero-order valence-electron chi connectivity index (χ0n) is 7.79. The van der Waals surface area contributed by atoms with Crippen LogP contribution in [0.4, 0.5) is 0 Å². The lowest BCUT2D eigenvalue weighted by Crippen LogP contribution is -1.84. The van der Waals surface area contributed by atoms with Crippen molar-refractivity contribution < 1.29 is 4.74 Å². The molecular weight excluding hydrogens is 172 g/mol. The Kier molecular flexibility index (Phi) is 3.92. The van der Waals surface area contributed by atoms with E-state index in [0.717, 1.165) is 11.1 Å². The van der Waals surface area contributed by atoms with Gasteiger partial charge in [-0.3, -0.25) is 0 Å². The smallest absolute Gasteiger partial charge is 0.148 e. The lowest BCUT2D eigenvalue weighted by molar-refractivity contribution is 0.298. The zero-order valence-corrected chi connectivity index (χ0v) is 7.79. The van der Waals surface area contributed by atoms with Crippen molar-refractivity contribution in [1.82, 2.24) is 0 Å². The van der Waals surface area contributed by atoms with Crippen LogP contribution in [0.5, 0.6) is 0 Å². The van der Waals surface area contributed by atoms with Crippen molar-refractivity contribution in [2.24, 2.45) is 0 Å². The highest BCUT2D eigenvalue weighted by Crippen LogP contribution is 2.04. The van der Waals surface area contributed by atoms with Crippen LogP contribution >= 0.6 is 0 Å². The summed E-state index contributed by atoms with van der Waals surface area (Å²) in [6, 6.07) is 7.54. The average Bonchev–Trinajstić information content (AvgIpc) is 2.25. The summed E-state index contributed by atoms with van der Waals surface area (Å²) in [5, 5.41) is 0. The van der Waals surface area contributed by atoms with E-state index in [1.54, 1.807) is 0 Å². The van der Waals surface area contributed by atoms with Crippen LogP contribution in [0.1, 0.15) is 11.1 Å². The van der Waals surface area contributed by atoms with Crippen molar-refractivity contribution in [2.45, 2.75) is 0 Å². The molecule has 0 amide bonds. The maximum absolute atomic E-state index is 5.32. The van der Waals surface area contributed by atoms with Crippen molar-refractivity contribution >= 4 is 0 Å². The predicted molar refractivity (Wildman–Crippen MR) is 57.4 cm³/mol. The molecule has 0 fully saturated rings. The van der Waals surface area contributed by atoms with Gasteiger partial charge in [-0.25, -0.2) is 0 Å². The number of terminal acetylenes is 1. The van der Waals surface area contributed by atoms with Gasteiger partial charge in [-0.2, -0.15) is 0 Å². The highest BCUT2D eigenvalue weighted by molar-refractivity contribution is 5.49. The molecule has 0 heterocycles. The molecule has 0 unspecified atom stereocenters. The molecule has 0 saturated heterocycles. The molecule has 0 aliphatic carbocycles. The van der Waals surface area contributed by atoms with Gasteiger partial charge in [0.25, 0.3) is 0 Å². The van der Waals surface area contributed by atoms with E-state index >= 15 is 0 Å². The van der Waals surface area contributed by atoms with Crippen molar-refractivity contribution in [3.8, 4) is 24.2 Å². The van der Waals surface area contributed by atoms with E-state index in [-0.39, 0.29) is 0 Å². The first-order chi connectivity index (χ1) is 6.88. The Morgan fingerprint density at radius 3 is 2.71 bits per heavy atom. The molecule has 0 aliphatic rings. The van der Waals surface area contributed by atoms with Crippen LogP contribution in [0.15, 0.2) is 37.1 Å². The number of rotatable bonds is 2. The Morgan fingerprint density at radius 1 is 1.36 bits per heavy atom. The Labute approximate surface area is 84.4 Å². The predicted octanol–water partition coefficient (Wildman–Crippen LogP) is 2.18. The topological polar surface area (TPSA) is 9.23 Å². The lowest BCUT2D eigenvalue weighted by atomic mass is 10.1. The third kappa shape index (κ3) is 2.73. The fourth-order valence-corrected chi connectivity index (χ4v) is 0.950. The summed E-state index contributed by atoms with van der Waals surface area (Å²) >= 11 is 0. The molecule has 1 nitrogen and oxygen atoms in total. The first-order valence-corrected chi connectivity index (χ1v) is 4.15. The quantitative estimate of drug-likeness (QED) is 0.387. The zero-order chi connectivity index (χ0) is 10.2. The van der Waals surface area contributed by atoms with Crippen molar-refractivity contribution in [3.05, 3.63) is 48.2 Å². The van der Waals surface area contributed by atoms with Crippen LogP contribution in [0.3, 0.4) is 0 Å². The molecule has 0 aromatic heterocycles. The van der Waals surface area contributed by atoms with Crippen molar-refractivity contribution in [2.75, 3.05) is 6.61 Å². The monoisotopic (exact) mass is 182 g/mol. The average molecular weight is 182 g/mol. The van der Waals surface area contributed by atoms with Gasteiger partial charge in [0.2, 0.25) is 0 Å². The standard InChI is InChI=1S/C13H10O/c1-3-12-8-5-6-9-13(12)10-7-11-14-4-2/h1,4-6,8-9H,2,11H2. The molecule has 0 N–H and O–H groups in total. The third-order valence-corrected chi connectivity index (χ3v) is 1.58. The highest BCUT2D eigenvalue weighted by Gasteiger charge is 1.92. The second-order valence-corrected chi connectivity index (χ2v) is 2.47. The van der Waals surface area contributed by atoms with Gasteiger partial charge < -0.3 is 4.74 Å². The molecule has 68 valence electrons. The highest BCUT2D eigenvalue weighted by atomic mass is 16.5. The Morgan fingerprint density at radius 2 is 2.07 bits per heavy atom. The number of benzene rings is 1. The SMILES string of the molecule is C#Cc1ccccc1C#CCOC=C. The van der Waals surface area contributed by atoms with Gasteiger partial charge in [0.15, 0.2) is 0 Å². The van der Waals surface area contributed by atoms with E-state index in [4.69, 9.17) is 11.2 Å². The summed E-state index contributed by atoms with van der Waals surface area (Å²) < 4.78 is 4.87. The van der Waals surface area contributed by atoms with Crippen molar-refractivity contribution in [1.29, 1.82) is 0 Å². The van der Waals surface area contributed by atoms with Crippen molar-refractivity contribution in [3.63, 3.8) is 0 Å². The van der Waals surface area contributed by atoms with Gasteiger partial charge in [-0.1, -0.05) is 36.5 Å². The molecular formula is C13H10O. The van der Waals surface area contributed by atoms with Gasteiger partial charge in [0.05, 0.1) is 6.26 Å². The molecule has 0 saturated carbocycles. The van der Waals surface area contributed by atoms with E-state index in [1.165, 1.54) is 6.26 Å². The van der Waals surface area contributed by atoms with Gasteiger partial charge in [-0.05, 0) is 12.1 Å². The van der Waals surface area contributed by atoms with E-state index in [2.05, 4.69) is 24.3 Å². The Bertz CT molecular complexity index is 413. The molecule has 0 aliphatic heterocycles. The summed E-state index contributed by atoms with van der Waals surface area (Å²) in [6.45, 7) is 3.75. The molecule has 1 heteroatoms. The molecule has 0 radical (unpaired) electrons. The molecule has 0 spiro atoms. The summed E-state index contributed by atoms with van der Waals surface area (Å²) in [6.07, 6.45) is 6.68. The van der Waals surface area contributed by atoms with Crippen LogP contribution in [0.2, 0.25) is 0 Å². The molecule has 0 bridgehead atoms. The summed E-state index contributed by atoms with van der Waals surface area (Å²) in [5.41, 5.74) is 1.65. The number of ether oxygens (including phenoxy) is 1. The lowest BCUT2D eigenvalue weighted by Gasteiger charge is -1.94. The first-order valence-electron chi connectivity index (χ1n) is 4.15. The molecule has 14 heavy (non-hydrogen) atoms. The van der Waals surface area contributed by atoms with E-state index < -0.39 is 0 Å². The van der Waals surface area contributed by atoms with Gasteiger partial charge in [-0.15, -0.1) is 6.42 Å². The van der Waals surface area contributed by atoms with Crippen LogP contribution in [0.25, 0.3) is 0 Å². The van der Waals surface area contributed by atoms with Gasteiger partial charge >= 0.3 is 0 Å². The maximum atomic E-state index is 5.32. The van der Waals surface area contributed by atoms with Crippen LogP contribution in [-0.4, -0.2) is 6.61 Å². The minimum absolute atomic E-state index is 0.336. The summed E-state index contributed by atoms with van der Waals surface area (Å²) in [7, 11) is 0. The molecule has 0 atom stereocenters. The second kappa shape index (κ2) is 5.51. The van der Waals surface area contributed by atoms with E-state index in [0.29, 0.717) is 6.61 Å². The minimum Gasteiger partial charge on any atom is -0.489 e. The summed E-state index contributed by atoms with van der Waals surface area (Å²) in [5.74, 6) is 8.34. The fourth-order valence-electron chi connectivity index (χ4n) is 0.950. The molecule has 1 rings (SSSR count). The van der Waals surface area contributed by atoms with E-state index in [9.17, 15) is 0 Å². The Hall–Kier alpha value is -2.12. The first kappa shape index (κ1) is 9.96. The molecule has 1 aromatic carbocycles. The summed E-state index contributed by atoms with van der Waals surface area (Å²) in [4.78, 5) is 0. The van der Waals surface area contributed by atoms with Crippen LogP contribution in [0, 0.1) is 24.2 Å². The minimum atomic E-state index is 0.336. The van der Waals surface area contributed by atoms with E-state index in [1.807, 2.05) is 24.3 Å². The second-order valence-electron chi connectivity index (χ2n) is 2.47. The normalized spacial score (nSPS) is 7.93.